The van der Waals surface area contributed by atoms with E-state index in [9.17, 15) is 4.79 Å². The Labute approximate surface area is 129 Å². The van der Waals surface area contributed by atoms with E-state index < -0.39 is 0 Å². The molecule has 3 nitrogen and oxygen atoms in total. The Balaban J connectivity index is 2.06. The molecule has 2 aromatic rings. The van der Waals surface area contributed by atoms with E-state index in [1.807, 2.05) is 49.4 Å². The van der Waals surface area contributed by atoms with Crippen LogP contribution in [0.5, 0.6) is 0 Å². The summed E-state index contributed by atoms with van der Waals surface area (Å²) in [5, 5.41) is 3.66. The topological polar surface area (TPSA) is 38.3 Å². The van der Waals surface area contributed by atoms with Gasteiger partial charge in [0, 0.05) is 17.7 Å². The number of benzene rings is 2. The highest BCUT2D eigenvalue weighted by atomic mass is 35.5. The minimum atomic E-state index is -0.101. The van der Waals surface area contributed by atoms with E-state index in [2.05, 4.69) is 5.32 Å². The minimum absolute atomic E-state index is 0.0825. The highest BCUT2D eigenvalue weighted by Crippen LogP contribution is 2.17. The largest absolute Gasteiger partial charge is 0.380 e. The van der Waals surface area contributed by atoms with Gasteiger partial charge in [0.15, 0.2) is 0 Å². The summed E-state index contributed by atoms with van der Waals surface area (Å²) in [4.78, 5) is 12.3. The summed E-state index contributed by atoms with van der Waals surface area (Å²) >= 11 is 5.87. The predicted octanol–water partition coefficient (Wildman–Crippen LogP) is 3.98. The lowest BCUT2D eigenvalue weighted by Gasteiger charge is -2.15. The van der Waals surface area contributed by atoms with Crippen LogP contribution in [0.1, 0.15) is 34.5 Å². The number of amides is 1. The first-order valence-corrected chi connectivity index (χ1v) is 7.12. The fourth-order valence-electron chi connectivity index (χ4n) is 2.08. The molecule has 110 valence electrons. The van der Waals surface area contributed by atoms with Gasteiger partial charge in [-0.2, -0.15) is 0 Å². The Morgan fingerprint density at radius 1 is 1.24 bits per heavy atom. The minimum Gasteiger partial charge on any atom is -0.380 e. The van der Waals surface area contributed by atoms with Crippen LogP contribution in [0.15, 0.2) is 48.5 Å². The predicted molar refractivity (Wildman–Crippen MR) is 84.5 cm³/mol. The summed E-state index contributed by atoms with van der Waals surface area (Å²) in [5.74, 6) is -0.101. The molecule has 0 aliphatic rings. The lowest BCUT2D eigenvalue weighted by Crippen LogP contribution is -2.26. The highest BCUT2D eigenvalue weighted by Gasteiger charge is 2.11. The quantitative estimate of drug-likeness (QED) is 0.907. The molecule has 1 atom stereocenters. The smallest absolute Gasteiger partial charge is 0.251 e. The van der Waals surface area contributed by atoms with Crippen LogP contribution in [0.25, 0.3) is 0 Å². The Morgan fingerprint density at radius 2 is 1.95 bits per heavy atom. The van der Waals surface area contributed by atoms with Gasteiger partial charge in [0.1, 0.15) is 0 Å². The molecule has 0 radical (unpaired) electrons. The second-order valence-electron chi connectivity index (χ2n) is 4.88. The third-order valence-electron chi connectivity index (χ3n) is 3.22. The summed E-state index contributed by atoms with van der Waals surface area (Å²) in [6.45, 7) is 2.44. The number of halogens is 1. The van der Waals surface area contributed by atoms with Crippen molar-refractivity contribution < 1.29 is 9.53 Å². The van der Waals surface area contributed by atoms with Gasteiger partial charge >= 0.3 is 0 Å². The first kappa shape index (κ1) is 15.5. The van der Waals surface area contributed by atoms with Gasteiger partial charge in [-0.25, -0.2) is 0 Å². The van der Waals surface area contributed by atoms with E-state index in [-0.39, 0.29) is 11.9 Å². The van der Waals surface area contributed by atoms with Crippen molar-refractivity contribution in [1.29, 1.82) is 0 Å². The summed E-state index contributed by atoms with van der Waals surface area (Å²) in [6, 6.07) is 14.8. The summed E-state index contributed by atoms with van der Waals surface area (Å²) in [5.41, 5.74) is 2.62. The monoisotopic (exact) mass is 303 g/mol. The Bertz CT molecular complexity index is 610. The van der Waals surface area contributed by atoms with Crippen LogP contribution in [0.3, 0.4) is 0 Å². The van der Waals surface area contributed by atoms with Crippen LogP contribution >= 0.6 is 11.6 Å². The second-order valence-corrected chi connectivity index (χ2v) is 5.32. The van der Waals surface area contributed by atoms with Crippen LogP contribution in [0.4, 0.5) is 0 Å². The molecule has 1 amide bonds. The van der Waals surface area contributed by atoms with Crippen LogP contribution in [-0.2, 0) is 11.3 Å². The molecule has 0 fully saturated rings. The number of carbonyl (C=O) groups is 1. The molecule has 0 heterocycles. The van der Waals surface area contributed by atoms with E-state index in [1.165, 1.54) is 0 Å². The average molecular weight is 304 g/mol. The molecule has 0 bridgehead atoms. The first-order chi connectivity index (χ1) is 10.1. The molecular weight excluding hydrogens is 286 g/mol. The maximum Gasteiger partial charge on any atom is 0.251 e. The van der Waals surface area contributed by atoms with Crippen molar-refractivity contribution in [3.63, 3.8) is 0 Å². The lowest BCUT2D eigenvalue weighted by molar-refractivity contribution is 0.0939. The van der Waals surface area contributed by atoms with Gasteiger partial charge in [-0.1, -0.05) is 35.9 Å². The molecule has 2 rings (SSSR count). The Kier molecular flexibility index (Phi) is 5.37. The van der Waals surface area contributed by atoms with Crippen molar-refractivity contribution in [2.45, 2.75) is 19.6 Å². The zero-order valence-electron chi connectivity index (χ0n) is 12.1. The number of nitrogens with one attached hydrogen (secondary N) is 1. The van der Waals surface area contributed by atoms with Crippen LogP contribution in [0, 0.1) is 0 Å². The number of hydrogen-bond acceptors (Lipinski definition) is 2. The summed E-state index contributed by atoms with van der Waals surface area (Å²) in [6.07, 6.45) is 0. The Hall–Kier alpha value is -1.84. The van der Waals surface area contributed by atoms with Crippen molar-refractivity contribution in [2.75, 3.05) is 7.11 Å². The zero-order chi connectivity index (χ0) is 15.2. The fraction of sp³-hybridized carbons (Fsp3) is 0.235. The number of ether oxygens (including phenoxy) is 1. The van der Waals surface area contributed by atoms with Crippen molar-refractivity contribution in [1.82, 2.24) is 5.32 Å². The standard InChI is InChI=1S/C17H18ClNO2/c1-12(14-6-8-16(18)9-7-14)19-17(20)15-5-3-4-13(10-15)11-21-2/h3-10,12H,11H2,1-2H3,(H,19,20). The summed E-state index contributed by atoms with van der Waals surface area (Å²) in [7, 11) is 1.63. The van der Waals surface area contributed by atoms with Crippen molar-refractivity contribution in [3.8, 4) is 0 Å². The average Bonchev–Trinajstić information content (AvgIpc) is 2.48. The molecule has 1 N–H and O–H groups in total. The van der Waals surface area contributed by atoms with Gasteiger partial charge in [-0.15, -0.1) is 0 Å². The van der Waals surface area contributed by atoms with Gasteiger partial charge in [0.05, 0.1) is 12.6 Å². The van der Waals surface area contributed by atoms with E-state index in [4.69, 9.17) is 16.3 Å². The fourth-order valence-corrected chi connectivity index (χ4v) is 2.21. The highest BCUT2D eigenvalue weighted by molar-refractivity contribution is 6.30. The molecule has 0 saturated carbocycles. The molecule has 0 aliphatic carbocycles. The van der Waals surface area contributed by atoms with Crippen molar-refractivity contribution in [2.24, 2.45) is 0 Å². The zero-order valence-corrected chi connectivity index (χ0v) is 12.9. The van der Waals surface area contributed by atoms with Crippen LogP contribution < -0.4 is 5.32 Å². The van der Waals surface area contributed by atoms with Crippen molar-refractivity contribution in [3.05, 3.63) is 70.2 Å². The van der Waals surface area contributed by atoms with Gasteiger partial charge in [-0.3, -0.25) is 4.79 Å². The number of hydrogen-bond donors (Lipinski definition) is 1. The maximum absolute atomic E-state index is 12.3. The molecule has 0 spiro atoms. The molecule has 4 heteroatoms. The Morgan fingerprint density at radius 3 is 2.62 bits per heavy atom. The molecule has 0 saturated heterocycles. The third-order valence-corrected chi connectivity index (χ3v) is 3.47. The van der Waals surface area contributed by atoms with Crippen molar-refractivity contribution >= 4 is 17.5 Å². The molecule has 0 aliphatic heterocycles. The SMILES string of the molecule is COCc1cccc(C(=O)NC(C)c2ccc(Cl)cc2)c1. The summed E-state index contributed by atoms with van der Waals surface area (Å²) < 4.78 is 5.08. The third kappa shape index (κ3) is 4.31. The van der Waals surface area contributed by atoms with E-state index in [0.29, 0.717) is 17.2 Å². The molecule has 1 unspecified atom stereocenters. The maximum atomic E-state index is 12.3. The van der Waals surface area contributed by atoms with Crippen LogP contribution in [-0.4, -0.2) is 13.0 Å². The lowest BCUT2D eigenvalue weighted by atomic mass is 10.1. The van der Waals surface area contributed by atoms with Gasteiger partial charge in [-0.05, 0) is 42.3 Å². The number of carbonyl (C=O) groups excluding carboxylic acids is 1. The molecule has 21 heavy (non-hydrogen) atoms. The number of methoxy groups -OCH3 is 1. The molecular formula is C17H18ClNO2. The second kappa shape index (κ2) is 7.25. The van der Waals surface area contributed by atoms with Gasteiger partial charge < -0.3 is 10.1 Å². The van der Waals surface area contributed by atoms with Gasteiger partial charge in [0.25, 0.3) is 5.91 Å². The molecule has 0 aromatic heterocycles. The van der Waals surface area contributed by atoms with E-state index in [1.54, 1.807) is 13.2 Å². The first-order valence-electron chi connectivity index (χ1n) is 6.74. The van der Waals surface area contributed by atoms with E-state index >= 15 is 0 Å². The van der Waals surface area contributed by atoms with Crippen LogP contribution in [0.2, 0.25) is 5.02 Å². The number of rotatable bonds is 5. The molecule has 2 aromatic carbocycles. The normalized spacial score (nSPS) is 12.0. The van der Waals surface area contributed by atoms with E-state index in [0.717, 1.165) is 11.1 Å². The van der Waals surface area contributed by atoms with Gasteiger partial charge in [0.2, 0.25) is 0 Å².